The molecule has 7 nitrogen and oxygen atoms in total. The largest absolute Gasteiger partial charge is 0.480 e. The maximum Gasteiger partial charge on any atom is 0.480 e. The molecule has 28 heavy (non-hydrogen) atoms. The summed E-state index contributed by atoms with van der Waals surface area (Å²) in [6.45, 7) is 0.936. The SMILES string of the molecule is C[n+]1cn(CC(Br)CBr)c(Br)c1Br.O=S(=O)([N-]S(=O)(=O)C(F)(F)F)C(F)(F)F. The normalized spacial score (nSPS) is 14.4. The lowest BCUT2D eigenvalue weighted by atomic mass is 10.5. The quantitative estimate of drug-likeness (QED) is 0.261. The molecule has 0 spiro atoms. The van der Waals surface area contributed by atoms with Gasteiger partial charge in [0.25, 0.3) is 0 Å². The molecule has 0 saturated carbocycles. The van der Waals surface area contributed by atoms with Gasteiger partial charge in [-0.2, -0.15) is 26.3 Å². The van der Waals surface area contributed by atoms with Gasteiger partial charge in [-0.1, -0.05) is 31.9 Å². The van der Waals surface area contributed by atoms with Gasteiger partial charge >= 0.3 is 11.0 Å². The molecular weight excluding hydrogens is 712 g/mol. The number of alkyl halides is 8. The van der Waals surface area contributed by atoms with E-state index in [-0.39, 0.29) is 0 Å². The standard InChI is InChI=1S/C7H9Br4N2.C2F6NO4S2/c1-12-4-13(3-5(9)2-8)7(11)6(12)10;3-1(4,5)14(10,11)9-15(12,13)2(6,7)8/h4-5H,2-3H2,1H3;/q+1;-1. The molecule has 0 N–H and O–H groups in total. The van der Waals surface area contributed by atoms with Crippen molar-refractivity contribution in [1.29, 1.82) is 0 Å². The van der Waals surface area contributed by atoms with E-state index in [1.54, 1.807) is 0 Å². The molecule has 0 saturated heterocycles. The zero-order valence-corrected chi connectivity index (χ0v) is 21.1. The minimum Gasteiger partial charge on any atom is -0.421 e. The minimum atomic E-state index is -6.72. The summed E-state index contributed by atoms with van der Waals surface area (Å²) in [5.74, 6) is 0. The van der Waals surface area contributed by atoms with Gasteiger partial charge in [-0.25, -0.2) is 26.0 Å². The number of aromatic nitrogens is 2. The Morgan fingerprint density at radius 2 is 1.46 bits per heavy atom. The highest BCUT2D eigenvalue weighted by Gasteiger charge is 2.46. The van der Waals surface area contributed by atoms with Crippen molar-refractivity contribution in [3.8, 4) is 0 Å². The Morgan fingerprint density at radius 1 is 1.07 bits per heavy atom. The van der Waals surface area contributed by atoms with Crippen molar-refractivity contribution in [3.05, 3.63) is 19.7 Å². The molecule has 0 fully saturated rings. The summed E-state index contributed by atoms with van der Waals surface area (Å²) in [4.78, 5) is 0.447. The minimum absolute atomic E-state index is 0.447. The van der Waals surface area contributed by atoms with Crippen LogP contribution in [0.3, 0.4) is 0 Å². The second kappa shape index (κ2) is 10.3. The van der Waals surface area contributed by atoms with Gasteiger partial charge in [-0.3, -0.25) is 0 Å². The smallest absolute Gasteiger partial charge is 0.421 e. The lowest BCUT2D eigenvalue weighted by Gasteiger charge is -2.22. The average Bonchev–Trinajstić information content (AvgIpc) is 2.71. The Kier molecular flexibility index (Phi) is 10.5. The van der Waals surface area contributed by atoms with Gasteiger partial charge in [0.2, 0.25) is 15.5 Å². The number of rotatable bonds is 5. The number of nitrogens with zero attached hydrogens (tertiary/aromatic N) is 3. The van der Waals surface area contributed by atoms with Crippen LogP contribution in [0.1, 0.15) is 0 Å². The molecule has 0 aromatic carbocycles. The van der Waals surface area contributed by atoms with Gasteiger partial charge in [0.05, 0.1) is 11.9 Å². The number of hydrogen-bond donors (Lipinski definition) is 0. The molecule has 1 heterocycles. The zero-order valence-electron chi connectivity index (χ0n) is 13.1. The van der Waals surface area contributed by atoms with Gasteiger partial charge in [0.15, 0.2) is 20.0 Å². The fourth-order valence-electron chi connectivity index (χ4n) is 1.18. The Balaban J connectivity index is 0.000000525. The van der Waals surface area contributed by atoms with Gasteiger partial charge in [-0.15, -0.1) is 0 Å². The van der Waals surface area contributed by atoms with E-state index in [1.807, 2.05) is 17.9 Å². The molecule has 0 aliphatic rings. The van der Waals surface area contributed by atoms with Gasteiger partial charge in [-0.05, 0) is 0 Å². The molecule has 1 aromatic heterocycles. The highest BCUT2D eigenvalue weighted by atomic mass is 79.9. The summed E-state index contributed by atoms with van der Waals surface area (Å²) >= 11 is 14.0. The predicted molar refractivity (Wildman–Crippen MR) is 101 cm³/mol. The zero-order chi connectivity index (χ0) is 22.7. The highest BCUT2D eigenvalue weighted by Crippen LogP contribution is 2.36. The van der Waals surface area contributed by atoms with Crippen molar-refractivity contribution < 1.29 is 47.7 Å². The Labute approximate surface area is 189 Å². The third-order valence-electron chi connectivity index (χ3n) is 2.39. The van der Waals surface area contributed by atoms with E-state index < -0.39 is 31.1 Å². The van der Waals surface area contributed by atoms with Crippen LogP contribution in [0.25, 0.3) is 4.13 Å². The van der Waals surface area contributed by atoms with E-state index in [1.165, 1.54) is 0 Å². The van der Waals surface area contributed by atoms with E-state index in [2.05, 4.69) is 68.3 Å². The van der Waals surface area contributed by atoms with Crippen molar-refractivity contribution in [1.82, 2.24) is 4.57 Å². The van der Waals surface area contributed by atoms with E-state index in [9.17, 15) is 43.2 Å². The van der Waals surface area contributed by atoms with Crippen molar-refractivity contribution in [2.24, 2.45) is 7.05 Å². The maximum atomic E-state index is 11.4. The summed E-state index contributed by atoms with van der Waals surface area (Å²) in [5, 5.41) is 0.943. The number of imidazole rings is 1. The first-order valence-corrected chi connectivity index (χ1v) is 12.7. The van der Waals surface area contributed by atoms with Gasteiger partial charge in [0, 0.05) is 37.2 Å². The van der Waals surface area contributed by atoms with Crippen LogP contribution in [0.2, 0.25) is 0 Å². The molecule has 1 atom stereocenters. The maximum absolute atomic E-state index is 11.4. The molecule has 1 rings (SSSR count). The Hall–Kier alpha value is 0.570. The van der Waals surface area contributed by atoms with Crippen molar-refractivity contribution in [2.75, 3.05) is 5.33 Å². The third-order valence-corrected chi connectivity index (χ3v) is 9.69. The van der Waals surface area contributed by atoms with Crippen molar-refractivity contribution in [3.63, 3.8) is 0 Å². The van der Waals surface area contributed by atoms with Gasteiger partial charge in [0.1, 0.15) is 6.54 Å². The molecule has 0 aliphatic heterocycles. The number of sulfonamides is 2. The van der Waals surface area contributed by atoms with E-state index in [0.717, 1.165) is 25.2 Å². The van der Waals surface area contributed by atoms with Crippen LogP contribution in [0.4, 0.5) is 26.3 Å². The topological polar surface area (TPSA) is 91.2 Å². The second-order valence-corrected chi connectivity index (χ2v) is 11.5. The Bertz CT molecular complexity index is 843. The molecule has 0 amide bonds. The summed E-state index contributed by atoms with van der Waals surface area (Å²) in [6, 6.07) is 0. The van der Waals surface area contributed by atoms with Crippen LogP contribution in [0, 0.1) is 0 Å². The molecule has 19 heteroatoms. The van der Waals surface area contributed by atoms with E-state index in [4.69, 9.17) is 0 Å². The second-order valence-electron chi connectivity index (χ2n) is 4.63. The van der Waals surface area contributed by atoms with Crippen LogP contribution in [0.15, 0.2) is 15.5 Å². The van der Waals surface area contributed by atoms with Crippen LogP contribution in [0.5, 0.6) is 0 Å². The van der Waals surface area contributed by atoms with Crippen molar-refractivity contribution >= 4 is 83.8 Å². The predicted octanol–water partition coefficient (Wildman–Crippen LogP) is 4.06. The molecule has 166 valence electrons. The van der Waals surface area contributed by atoms with Crippen LogP contribution >= 0.6 is 63.7 Å². The lowest BCUT2D eigenvalue weighted by Crippen LogP contribution is -2.30. The molecule has 1 aromatic rings. The number of hydrogen-bond acceptors (Lipinski definition) is 4. The third kappa shape index (κ3) is 8.01. The lowest BCUT2D eigenvalue weighted by molar-refractivity contribution is -0.682. The number of aryl methyl sites for hydroxylation is 1. The van der Waals surface area contributed by atoms with E-state index >= 15 is 0 Å². The highest BCUT2D eigenvalue weighted by molar-refractivity contribution is 9.13. The summed E-state index contributed by atoms with van der Waals surface area (Å²) in [7, 11) is -11.4. The van der Waals surface area contributed by atoms with Crippen molar-refractivity contribution in [2.45, 2.75) is 22.4 Å². The summed E-state index contributed by atoms with van der Waals surface area (Å²) in [5.41, 5.74) is -12.4. The van der Waals surface area contributed by atoms with Gasteiger partial charge < -0.3 is 4.13 Å². The fourth-order valence-corrected chi connectivity index (χ4v) is 4.24. The summed E-state index contributed by atoms with van der Waals surface area (Å²) in [6.07, 6.45) is 2.05. The molecule has 1 unspecified atom stereocenters. The van der Waals surface area contributed by atoms with Crippen LogP contribution < -0.4 is 4.57 Å². The first-order chi connectivity index (χ1) is 12.3. The van der Waals surface area contributed by atoms with Crippen LogP contribution in [-0.2, 0) is 33.6 Å². The molecule has 0 aliphatic carbocycles. The fraction of sp³-hybridized carbons (Fsp3) is 0.667. The summed E-state index contributed by atoms with van der Waals surface area (Å²) < 4.78 is 115. The first-order valence-electron chi connectivity index (χ1n) is 6.23. The Morgan fingerprint density at radius 3 is 1.71 bits per heavy atom. The first kappa shape index (κ1) is 28.6. The number of halogens is 10. The van der Waals surface area contributed by atoms with E-state index in [0.29, 0.717) is 4.83 Å². The average molecular weight is 721 g/mol. The molecular formula is C9H9Br4F6N3O4S2. The molecule has 0 radical (unpaired) electrons. The van der Waals surface area contributed by atoms with Crippen LogP contribution in [-0.4, -0.2) is 42.6 Å². The monoisotopic (exact) mass is 717 g/mol. The molecule has 0 bridgehead atoms.